The third-order valence-electron chi connectivity index (χ3n) is 17.7. The zero-order valence-electron chi connectivity index (χ0n) is 44.9. The zero-order valence-corrected chi connectivity index (χ0v) is 44.9. The molecule has 0 bridgehead atoms. The number of furan rings is 4. The van der Waals surface area contributed by atoms with Crippen LogP contribution in [0.1, 0.15) is 0 Å². The molecule has 6 aromatic heterocycles. The van der Waals surface area contributed by atoms with Gasteiger partial charge in [0.15, 0.2) is 0 Å². The molecule has 6 heterocycles. The Hall–Kier alpha value is -11.3. The van der Waals surface area contributed by atoms with E-state index >= 15 is 0 Å². The second-order valence-corrected chi connectivity index (χ2v) is 22.4. The van der Waals surface area contributed by atoms with Crippen LogP contribution in [0.4, 0.5) is 0 Å². The smallest absolute Gasteiger partial charge is 0.135 e. The molecule has 0 saturated carbocycles. The molecule has 84 heavy (non-hydrogen) atoms. The Bertz CT molecular complexity index is 5310. The lowest BCUT2D eigenvalue weighted by atomic mass is 9.98. The summed E-state index contributed by atoms with van der Waals surface area (Å²) in [7, 11) is 0. The molecule has 0 saturated heterocycles. The van der Waals surface area contributed by atoms with Gasteiger partial charge in [-0.3, -0.25) is 0 Å². The van der Waals surface area contributed by atoms with Crippen molar-refractivity contribution in [3.05, 3.63) is 267 Å². The molecule has 6 nitrogen and oxygen atoms in total. The van der Waals surface area contributed by atoms with E-state index in [2.05, 4.69) is 228 Å². The van der Waals surface area contributed by atoms with E-state index < -0.39 is 0 Å². The number of nitrogens with zero attached hydrogens (tertiary/aromatic N) is 2. The van der Waals surface area contributed by atoms with Crippen molar-refractivity contribution >= 4 is 131 Å². The summed E-state index contributed by atoms with van der Waals surface area (Å²) < 4.78 is 30.0. The molecule has 19 aromatic rings. The van der Waals surface area contributed by atoms with Gasteiger partial charge in [0.1, 0.15) is 44.7 Å². The van der Waals surface area contributed by atoms with Crippen LogP contribution in [-0.4, -0.2) is 9.13 Å². The summed E-state index contributed by atoms with van der Waals surface area (Å²) in [6.45, 7) is 0. The molecule has 0 unspecified atom stereocenters. The van der Waals surface area contributed by atoms with Gasteiger partial charge in [-0.05, 0) is 184 Å². The molecule has 390 valence electrons. The lowest BCUT2D eigenvalue weighted by molar-refractivity contribution is 0.668. The number of hydrogen-bond acceptors (Lipinski definition) is 4. The second kappa shape index (κ2) is 17.1. The molecule has 0 amide bonds. The minimum Gasteiger partial charge on any atom is -0.456 e. The maximum absolute atomic E-state index is 6.28. The molecule has 0 atom stereocenters. The minimum atomic E-state index is 0.885. The van der Waals surface area contributed by atoms with E-state index in [9.17, 15) is 0 Å². The van der Waals surface area contributed by atoms with Gasteiger partial charge in [0, 0.05) is 76.0 Å². The van der Waals surface area contributed by atoms with Crippen molar-refractivity contribution in [1.82, 2.24) is 9.13 Å². The SMILES string of the molecule is c1cc(-n2c3ccc(-c4ccc5oc6ccccc6c5c4)cc3c3cc(-c4ccc5oc6ccccc6c5c4)ccc32)cc(-n2c3ccc(-c4ccc5oc6ccccc6c5c4)cc3c3cc(-c4ccc5oc6ccccc6c5c4)ccc32)c1. The molecule has 13 aromatic carbocycles. The van der Waals surface area contributed by atoms with Crippen molar-refractivity contribution < 1.29 is 17.7 Å². The summed E-state index contributed by atoms with van der Waals surface area (Å²) >= 11 is 0. The highest BCUT2D eigenvalue weighted by Gasteiger charge is 2.21. The fourth-order valence-corrected chi connectivity index (χ4v) is 13.7. The largest absolute Gasteiger partial charge is 0.456 e. The molecule has 0 aliphatic carbocycles. The molecule has 0 spiro atoms. The molecule has 19 rings (SSSR count). The van der Waals surface area contributed by atoms with E-state index in [1.165, 1.54) is 21.5 Å². The lowest BCUT2D eigenvalue weighted by Crippen LogP contribution is -1.98. The Morgan fingerprint density at radius 3 is 0.667 bits per heavy atom. The second-order valence-electron chi connectivity index (χ2n) is 22.4. The van der Waals surface area contributed by atoms with Crippen LogP contribution in [0.3, 0.4) is 0 Å². The Kier molecular flexibility index (Phi) is 9.24. The van der Waals surface area contributed by atoms with Gasteiger partial charge >= 0.3 is 0 Å². The average molecular weight is 1070 g/mol. The van der Waals surface area contributed by atoms with Crippen LogP contribution in [-0.2, 0) is 0 Å². The molecular formula is C78H44N2O4. The number of hydrogen-bond donors (Lipinski definition) is 0. The van der Waals surface area contributed by atoms with Crippen molar-refractivity contribution in [1.29, 1.82) is 0 Å². The normalized spacial score (nSPS) is 12.3. The molecule has 0 N–H and O–H groups in total. The molecule has 6 heteroatoms. The topological polar surface area (TPSA) is 62.4 Å². The summed E-state index contributed by atoms with van der Waals surface area (Å²) in [6, 6.07) is 96.3. The van der Waals surface area contributed by atoms with Gasteiger partial charge < -0.3 is 26.8 Å². The van der Waals surface area contributed by atoms with Crippen molar-refractivity contribution in [3.63, 3.8) is 0 Å². The van der Waals surface area contributed by atoms with Gasteiger partial charge in [0.2, 0.25) is 0 Å². The molecule has 0 radical (unpaired) electrons. The quantitative estimate of drug-likeness (QED) is 0.166. The third kappa shape index (κ3) is 6.67. The minimum absolute atomic E-state index is 0.885. The molecular weight excluding hydrogens is 1030 g/mol. The third-order valence-corrected chi connectivity index (χ3v) is 17.7. The number of benzene rings is 13. The van der Waals surface area contributed by atoms with E-state index in [-0.39, 0.29) is 0 Å². The fraction of sp³-hybridized carbons (Fsp3) is 0. The standard InChI is InChI=1S/C78H44N2O4/c1-5-16-71-55(12-1)63-40-49(24-32-75(63)81-71)45-20-28-67-59(36-45)60-37-46(50-25-33-76-64(41-50)56-13-2-6-17-72(56)82-76)21-29-68(60)79(67)53-10-9-11-54(44-53)80-69-30-22-47(51-26-34-77-65(42-51)57-14-3-7-18-73(57)83-77)38-61(69)62-39-48(23-31-70(62)80)52-27-35-78-66(43-52)58-15-4-8-19-74(58)84-78/h1-44H. The number of fused-ring (bicyclic) bond motifs is 18. The summed E-state index contributed by atoms with van der Waals surface area (Å²) in [4.78, 5) is 0. The maximum atomic E-state index is 6.28. The van der Waals surface area contributed by atoms with Gasteiger partial charge in [-0.1, -0.05) is 127 Å². The first-order chi connectivity index (χ1) is 41.6. The van der Waals surface area contributed by atoms with Crippen LogP contribution >= 0.6 is 0 Å². The lowest BCUT2D eigenvalue weighted by Gasteiger charge is -2.13. The number of para-hydroxylation sites is 4. The summed E-state index contributed by atoms with van der Waals surface area (Å²) in [6.07, 6.45) is 0. The highest BCUT2D eigenvalue weighted by molar-refractivity contribution is 6.16. The monoisotopic (exact) mass is 1070 g/mol. The first-order valence-corrected chi connectivity index (χ1v) is 28.5. The Morgan fingerprint density at radius 1 is 0.167 bits per heavy atom. The predicted molar refractivity (Wildman–Crippen MR) is 346 cm³/mol. The van der Waals surface area contributed by atoms with Gasteiger partial charge in [-0.25, -0.2) is 0 Å². The highest BCUT2D eigenvalue weighted by atomic mass is 16.3. The van der Waals surface area contributed by atoms with Crippen LogP contribution in [0.15, 0.2) is 285 Å². The fourth-order valence-electron chi connectivity index (χ4n) is 13.7. The van der Waals surface area contributed by atoms with Crippen molar-refractivity contribution in [3.8, 4) is 55.9 Å². The predicted octanol–water partition coefficient (Wildman–Crippen LogP) is 22.1. The summed E-state index contributed by atoms with van der Waals surface area (Å²) in [5.41, 5.74) is 22.8. The van der Waals surface area contributed by atoms with E-state index in [0.717, 1.165) is 166 Å². The Morgan fingerprint density at radius 2 is 0.393 bits per heavy atom. The van der Waals surface area contributed by atoms with Crippen LogP contribution in [0, 0.1) is 0 Å². The van der Waals surface area contributed by atoms with E-state index in [1.807, 2.05) is 48.5 Å². The van der Waals surface area contributed by atoms with Crippen molar-refractivity contribution in [2.75, 3.05) is 0 Å². The maximum Gasteiger partial charge on any atom is 0.135 e. The van der Waals surface area contributed by atoms with Gasteiger partial charge in [-0.15, -0.1) is 0 Å². The van der Waals surface area contributed by atoms with E-state index in [0.29, 0.717) is 0 Å². The molecule has 0 fully saturated rings. The first kappa shape index (κ1) is 45.4. The van der Waals surface area contributed by atoms with Crippen molar-refractivity contribution in [2.45, 2.75) is 0 Å². The van der Waals surface area contributed by atoms with Crippen LogP contribution < -0.4 is 0 Å². The van der Waals surface area contributed by atoms with Crippen molar-refractivity contribution in [2.24, 2.45) is 0 Å². The Balaban J connectivity index is 0.802. The highest BCUT2D eigenvalue weighted by Crippen LogP contribution is 2.44. The van der Waals surface area contributed by atoms with Crippen LogP contribution in [0.25, 0.3) is 187 Å². The number of rotatable bonds is 6. The average Bonchev–Trinajstić information content (AvgIpc) is 3.30. The zero-order chi connectivity index (χ0) is 54.7. The van der Waals surface area contributed by atoms with E-state index in [4.69, 9.17) is 17.7 Å². The molecule has 0 aliphatic heterocycles. The molecule has 0 aliphatic rings. The summed E-state index contributed by atoms with van der Waals surface area (Å²) in [5, 5.41) is 13.6. The van der Waals surface area contributed by atoms with E-state index in [1.54, 1.807) is 0 Å². The summed E-state index contributed by atoms with van der Waals surface area (Å²) in [5.74, 6) is 0. The van der Waals surface area contributed by atoms with Gasteiger partial charge in [-0.2, -0.15) is 0 Å². The van der Waals surface area contributed by atoms with Crippen LogP contribution in [0.2, 0.25) is 0 Å². The van der Waals surface area contributed by atoms with Gasteiger partial charge in [0.05, 0.1) is 22.1 Å². The first-order valence-electron chi connectivity index (χ1n) is 28.5. The number of aromatic nitrogens is 2. The van der Waals surface area contributed by atoms with Gasteiger partial charge in [0.25, 0.3) is 0 Å². The van der Waals surface area contributed by atoms with Crippen LogP contribution in [0.5, 0.6) is 0 Å². The Labute approximate surface area is 478 Å².